The van der Waals surface area contributed by atoms with Gasteiger partial charge in [0.2, 0.25) is 0 Å². The lowest BCUT2D eigenvalue weighted by atomic mass is 10.1. The first kappa shape index (κ1) is 17.7. The zero-order valence-electron chi connectivity index (χ0n) is 13.9. The summed E-state index contributed by atoms with van der Waals surface area (Å²) in [6.45, 7) is 12.1. The van der Waals surface area contributed by atoms with Crippen LogP contribution in [0.2, 0.25) is 0 Å². The van der Waals surface area contributed by atoms with Gasteiger partial charge in [0.25, 0.3) is 0 Å². The van der Waals surface area contributed by atoms with Gasteiger partial charge in [0.15, 0.2) is 0 Å². The van der Waals surface area contributed by atoms with Crippen LogP contribution in [0, 0.1) is 5.92 Å². The number of ether oxygens (including phenoxy) is 1. The van der Waals surface area contributed by atoms with E-state index in [4.69, 9.17) is 4.74 Å². The van der Waals surface area contributed by atoms with Crippen molar-refractivity contribution in [3.05, 3.63) is 35.4 Å². The first-order valence-electron chi connectivity index (χ1n) is 8.05. The topological polar surface area (TPSA) is 29.5 Å². The molecule has 0 atom stereocenters. The molecule has 0 aromatic heterocycles. The van der Waals surface area contributed by atoms with Crippen molar-refractivity contribution in [1.82, 2.24) is 4.90 Å². The Morgan fingerprint density at radius 1 is 1.19 bits per heavy atom. The number of carbonyl (C=O) groups excluding carboxylic acids is 1. The highest BCUT2D eigenvalue weighted by Gasteiger charge is 2.09. The van der Waals surface area contributed by atoms with Crippen molar-refractivity contribution in [2.24, 2.45) is 5.92 Å². The van der Waals surface area contributed by atoms with Crippen LogP contribution in [0.15, 0.2) is 24.3 Å². The van der Waals surface area contributed by atoms with E-state index in [0.29, 0.717) is 18.1 Å². The molecular weight excluding hydrogens is 262 g/mol. The summed E-state index contributed by atoms with van der Waals surface area (Å²) in [7, 11) is 0. The van der Waals surface area contributed by atoms with Gasteiger partial charge >= 0.3 is 5.97 Å². The Balaban J connectivity index is 2.54. The van der Waals surface area contributed by atoms with E-state index in [1.54, 1.807) is 0 Å². The molecule has 1 rings (SSSR count). The number of hydrogen-bond acceptors (Lipinski definition) is 3. The summed E-state index contributed by atoms with van der Waals surface area (Å²) in [4.78, 5) is 14.3. The van der Waals surface area contributed by atoms with Crippen molar-refractivity contribution >= 4 is 5.97 Å². The molecule has 0 spiro atoms. The number of esters is 1. The van der Waals surface area contributed by atoms with E-state index in [0.717, 1.165) is 19.6 Å². The lowest BCUT2D eigenvalue weighted by molar-refractivity contribution is 0.0459. The molecule has 1 aromatic rings. The van der Waals surface area contributed by atoms with Crippen LogP contribution in [0.4, 0.5) is 0 Å². The second kappa shape index (κ2) is 9.56. The van der Waals surface area contributed by atoms with Crippen LogP contribution in [0.1, 0.15) is 56.5 Å². The van der Waals surface area contributed by atoms with Crippen molar-refractivity contribution in [2.45, 2.75) is 47.1 Å². The van der Waals surface area contributed by atoms with Crippen LogP contribution in [0.25, 0.3) is 0 Å². The molecular formula is C18H29NO2. The molecule has 3 nitrogen and oxygen atoms in total. The molecule has 0 radical (unpaired) electrons. The monoisotopic (exact) mass is 291 g/mol. The molecule has 0 amide bonds. The highest BCUT2D eigenvalue weighted by atomic mass is 16.5. The van der Waals surface area contributed by atoms with E-state index in [1.807, 2.05) is 38.1 Å². The van der Waals surface area contributed by atoms with Crippen LogP contribution in [-0.4, -0.2) is 30.6 Å². The first-order valence-corrected chi connectivity index (χ1v) is 8.05. The Bertz CT molecular complexity index is 412. The van der Waals surface area contributed by atoms with Crippen LogP contribution in [0.3, 0.4) is 0 Å². The summed E-state index contributed by atoms with van der Waals surface area (Å²) in [6.07, 6.45) is 2.45. The molecule has 0 fully saturated rings. The molecule has 0 unspecified atom stereocenters. The van der Waals surface area contributed by atoms with Crippen molar-refractivity contribution < 1.29 is 9.53 Å². The molecule has 118 valence electrons. The Hall–Kier alpha value is -1.35. The summed E-state index contributed by atoms with van der Waals surface area (Å²) in [6, 6.07) is 7.79. The average Bonchev–Trinajstić information content (AvgIpc) is 2.49. The van der Waals surface area contributed by atoms with Crippen LogP contribution in [0.5, 0.6) is 0 Å². The maximum Gasteiger partial charge on any atom is 0.338 e. The molecule has 0 aliphatic heterocycles. The molecule has 1 aromatic carbocycles. The van der Waals surface area contributed by atoms with Crippen LogP contribution in [-0.2, 0) is 11.3 Å². The van der Waals surface area contributed by atoms with Crippen molar-refractivity contribution in [1.29, 1.82) is 0 Å². The van der Waals surface area contributed by atoms with Crippen LogP contribution >= 0.6 is 0 Å². The Kier molecular flexibility index (Phi) is 8.06. The van der Waals surface area contributed by atoms with Gasteiger partial charge < -0.3 is 4.74 Å². The van der Waals surface area contributed by atoms with Gasteiger partial charge in [-0.05, 0) is 43.1 Å². The molecule has 0 aliphatic carbocycles. The second-order valence-electron chi connectivity index (χ2n) is 5.91. The maximum atomic E-state index is 11.8. The summed E-state index contributed by atoms with van der Waals surface area (Å²) >= 11 is 0. The number of hydrogen-bond donors (Lipinski definition) is 0. The third-order valence-corrected chi connectivity index (χ3v) is 3.42. The fourth-order valence-electron chi connectivity index (χ4n) is 2.06. The second-order valence-corrected chi connectivity index (χ2v) is 5.91. The van der Waals surface area contributed by atoms with Gasteiger partial charge in [0.05, 0.1) is 12.2 Å². The van der Waals surface area contributed by atoms with E-state index >= 15 is 0 Å². The van der Waals surface area contributed by atoms with E-state index in [1.165, 1.54) is 18.4 Å². The lowest BCUT2D eigenvalue weighted by Gasteiger charge is -2.20. The van der Waals surface area contributed by atoms with Gasteiger partial charge in [-0.3, -0.25) is 4.90 Å². The highest BCUT2D eigenvalue weighted by molar-refractivity contribution is 5.89. The zero-order valence-corrected chi connectivity index (χ0v) is 13.9. The van der Waals surface area contributed by atoms with Gasteiger partial charge in [-0.15, -0.1) is 0 Å². The van der Waals surface area contributed by atoms with E-state index in [2.05, 4.69) is 18.7 Å². The van der Waals surface area contributed by atoms with E-state index < -0.39 is 0 Å². The van der Waals surface area contributed by atoms with Gasteiger partial charge in [0.1, 0.15) is 0 Å². The molecule has 0 saturated carbocycles. The quantitative estimate of drug-likeness (QED) is 0.641. The summed E-state index contributed by atoms with van der Waals surface area (Å²) in [5.74, 6) is 0.137. The van der Waals surface area contributed by atoms with Crippen molar-refractivity contribution in [3.63, 3.8) is 0 Å². The predicted octanol–water partition coefficient (Wildman–Crippen LogP) is 4.12. The average molecular weight is 291 g/mol. The van der Waals surface area contributed by atoms with Gasteiger partial charge in [0, 0.05) is 6.54 Å². The number of benzene rings is 1. The predicted molar refractivity (Wildman–Crippen MR) is 87.4 cm³/mol. The number of unbranched alkanes of at least 4 members (excludes halogenated alkanes) is 1. The zero-order chi connectivity index (χ0) is 15.7. The fraction of sp³-hybridized carbons (Fsp3) is 0.611. The molecule has 0 saturated heterocycles. The van der Waals surface area contributed by atoms with Crippen molar-refractivity contribution in [2.75, 3.05) is 19.7 Å². The largest absolute Gasteiger partial charge is 0.462 e. The maximum absolute atomic E-state index is 11.8. The fourth-order valence-corrected chi connectivity index (χ4v) is 2.06. The third kappa shape index (κ3) is 6.76. The molecule has 3 heteroatoms. The van der Waals surface area contributed by atoms with E-state index in [9.17, 15) is 4.79 Å². The number of carbonyl (C=O) groups is 1. The van der Waals surface area contributed by atoms with Crippen molar-refractivity contribution in [3.8, 4) is 0 Å². The minimum atomic E-state index is -0.228. The SMILES string of the molecule is CCCCN(CC)Cc1ccc(C(=O)OCC(C)C)cc1. The van der Waals surface area contributed by atoms with Gasteiger partial charge in [-0.25, -0.2) is 4.79 Å². The Morgan fingerprint density at radius 3 is 2.38 bits per heavy atom. The van der Waals surface area contributed by atoms with Gasteiger partial charge in [-0.2, -0.15) is 0 Å². The lowest BCUT2D eigenvalue weighted by Crippen LogP contribution is -2.23. The standard InChI is InChI=1S/C18H29NO2/c1-5-7-12-19(6-2)13-16-8-10-17(11-9-16)18(20)21-14-15(3)4/h8-11,15H,5-7,12-14H2,1-4H3. The Labute approximate surface area is 129 Å². The summed E-state index contributed by atoms with van der Waals surface area (Å²) < 4.78 is 5.24. The molecule has 0 N–H and O–H groups in total. The third-order valence-electron chi connectivity index (χ3n) is 3.42. The minimum Gasteiger partial charge on any atom is -0.462 e. The van der Waals surface area contributed by atoms with Gasteiger partial charge in [-0.1, -0.05) is 46.2 Å². The highest BCUT2D eigenvalue weighted by Crippen LogP contribution is 2.10. The molecule has 0 heterocycles. The smallest absolute Gasteiger partial charge is 0.338 e. The normalized spacial score (nSPS) is 11.1. The van der Waals surface area contributed by atoms with E-state index in [-0.39, 0.29) is 5.97 Å². The summed E-state index contributed by atoms with van der Waals surface area (Å²) in [5, 5.41) is 0. The molecule has 0 bridgehead atoms. The summed E-state index contributed by atoms with van der Waals surface area (Å²) in [5.41, 5.74) is 1.88. The molecule has 21 heavy (non-hydrogen) atoms. The minimum absolute atomic E-state index is 0.228. The number of rotatable bonds is 9. The first-order chi connectivity index (χ1) is 10.1. The van der Waals surface area contributed by atoms with Crippen LogP contribution < -0.4 is 0 Å². The number of nitrogens with zero attached hydrogens (tertiary/aromatic N) is 1. The molecule has 0 aliphatic rings. The Morgan fingerprint density at radius 2 is 1.86 bits per heavy atom.